The molecule has 0 aromatic carbocycles. The summed E-state index contributed by atoms with van der Waals surface area (Å²) in [6.07, 6.45) is 1.41. The first-order valence-electron chi connectivity index (χ1n) is 8.46. The maximum atomic E-state index is 12.4. The van der Waals surface area contributed by atoms with Gasteiger partial charge in [0.1, 0.15) is 5.60 Å². The topological polar surface area (TPSA) is 67.9 Å². The van der Waals surface area contributed by atoms with E-state index in [-0.39, 0.29) is 23.4 Å². The number of ether oxygens (including phenoxy) is 2. The number of nitrogens with zero attached hydrogens (tertiary/aromatic N) is 1. The number of carbonyl (C=O) groups is 2. The van der Waals surface area contributed by atoms with Crippen molar-refractivity contribution in [3.05, 3.63) is 0 Å². The van der Waals surface area contributed by atoms with Crippen LogP contribution in [0.25, 0.3) is 0 Å². The molecule has 2 fully saturated rings. The molecule has 0 aromatic rings. The van der Waals surface area contributed by atoms with Crippen molar-refractivity contribution in [2.24, 2.45) is 17.3 Å². The standard InChI is InChI=1S/C17H30N2O4/c1-12-10-18-8-6-17(12)7-9-19(11-13(17)14(20)22-5)15(21)23-16(2,3)4/h12-13,18H,6-11H2,1-5H3. The Balaban J connectivity index is 2.18. The lowest BCUT2D eigenvalue weighted by molar-refractivity contribution is -0.158. The molecular formula is C17H30N2O4. The Labute approximate surface area is 138 Å². The Morgan fingerprint density at radius 3 is 2.52 bits per heavy atom. The fraction of sp³-hybridized carbons (Fsp3) is 0.882. The zero-order valence-corrected chi connectivity index (χ0v) is 15.0. The van der Waals surface area contributed by atoms with Crippen LogP contribution in [0, 0.1) is 17.3 Å². The smallest absolute Gasteiger partial charge is 0.410 e. The van der Waals surface area contributed by atoms with Crippen molar-refractivity contribution < 1.29 is 19.1 Å². The maximum absolute atomic E-state index is 12.4. The number of hydrogen-bond acceptors (Lipinski definition) is 5. The molecule has 6 heteroatoms. The van der Waals surface area contributed by atoms with Gasteiger partial charge >= 0.3 is 12.1 Å². The number of amides is 1. The van der Waals surface area contributed by atoms with Crippen LogP contribution in [0.15, 0.2) is 0 Å². The van der Waals surface area contributed by atoms with Crippen LogP contribution in [0.2, 0.25) is 0 Å². The van der Waals surface area contributed by atoms with Crippen molar-refractivity contribution in [3.63, 3.8) is 0 Å². The number of rotatable bonds is 1. The summed E-state index contributed by atoms with van der Waals surface area (Å²) in [5, 5.41) is 3.39. The van der Waals surface area contributed by atoms with Gasteiger partial charge in [-0.3, -0.25) is 4.79 Å². The zero-order chi connectivity index (χ0) is 17.3. The van der Waals surface area contributed by atoms with Gasteiger partial charge in [0.15, 0.2) is 0 Å². The number of likely N-dealkylation sites (tertiary alicyclic amines) is 1. The number of piperidine rings is 2. The molecule has 1 amide bonds. The van der Waals surface area contributed by atoms with E-state index in [2.05, 4.69) is 12.2 Å². The van der Waals surface area contributed by atoms with Crippen molar-refractivity contribution in [1.82, 2.24) is 10.2 Å². The van der Waals surface area contributed by atoms with E-state index in [4.69, 9.17) is 9.47 Å². The second-order valence-corrected chi connectivity index (χ2v) is 7.84. The van der Waals surface area contributed by atoms with E-state index in [0.717, 1.165) is 25.9 Å². The molecular weight excluding hydrogens is 296 g/mol. The maximum Gasteiger partial charge on any atom is 0.410 e. The highest BCUT2D eigenvalue weighted by molar-refractivity contribution is 5.76. The summed E-state index contributed by atoms with van der Waals surface area (Å²) in [6.45, 7) is 10.6. The lowest BCUT2D eigenvalue weighted by Gasteiger charge is -2.52. The van der Waals surface area contributed by atoms with Crippen LogP contribution < -0.4 is 5.32 Å². The van der Waals surface area contributed by atoms with Crippen molar-refractivity contribution >= 4 is 12.1 Å². The molecule has 2 saturated heterocycles. The van der Waals surface area contributed by atoms with Crippen LogP contribution in [0.3, 0.4) is 0 Å². The molecule has 1 N–H and O–H groups in total. The molecule has 6 nitrogen and oxygen atoms in total. The molecule has 2 aliphatic rings. The van der Waals surface area contributed by atoms with Crippen molar-refractivity contribution in [3.8, 4) is 0 Å². The van der Waals surface area contributed by atoms with Crippen LogP contribution in [-0.2, 0) is 14.3 Å². The predicted molar refractivity (Wildman–Crippen MR) is 87.0 cm³/mol. The summed E-state index contributed by atoms with van der Waals surface area (Å²) in [7, 11) is 1.42. The third kappa shape index (κ3) is 3.79. The normalized spacial score (nSPS) is 31.8. The molecule has 0 bridgehead atoms. The average molecular weight is 326 g/mol. The van der Waals surface area contributed by atoms with Gasteiger partial charge in [-0.25, -0.2) is 4.79 Å². The monoisotopic (exact) mass is 326 g/mol. The van der Waals surface area contributed by atoms with Gasteiger partial charge in [0.2, 0.25) is 0 Å². The van der Waals surface area contributed by atoms with E-state index >= 15 is 0 Å². The molecule has 0 aromatic heterocycles. The minimum absolute atomic E-state index is 0.0865. The van der Waals surface area contributed by atoms with Crippen LogP contribution >= 0.6 is 0 Å². The molecule has 0 aliphatic carbocycles. The number of methoxy groups -OCH3 is 1. The quantitative estimate of drug-likeness (QED) is 0.747. The average Bonchev–Trinajstić information content (AvgIpc) is 2.48. The van der Waals surface area contributed by atoms with E-state index in [1.54, 1.807) is 4.90 Å². The predicted octanol–water partition coefficient (Wildman–Crippen LogP) is 2.03. The number of hydrogen-bond donors (Lipinski definition) is 1. The molecule has 0 radical (unpaired) electrons. The van der Waals surface area contributed by atoms with Gasteiger partial charge in [0.05, 0.1) is 13.0 Å². The zero-order valence-electron chi connectivity index (χ0n) is 15.0. The number of esters is 1. The van der Waals surface area contributed by atoms with E-state index in [9.17, 15) is 9.59 Å². The van der Waals surface area contributed by atoms with Crippen LogP contribution in [0.4, 0.5) is 4.79 Å². The summed E-state index contributed by atoms with van der Waals surface area (Å²) in [6, 6.07) is 0. The highest BCUT2D eigenvalue weighted by atomic mass is 16.6. The van der Waals surface area contributed by atoms with Crippen LogP contribution in [-0.4, -0.2) is 55.9 Å². The Morgan fingerprint density at radius 1 is 1.26 bits per heavy atom. The second kappa shape index (κ2) is 6.67. The van der Waals surface area contributed by atoms with E-state index < -0.39 is 5.60 Å². The van der Waals surface area contributed by atoms with Gasteiger partial charge in [-0.15, -0.1) is 0 Å². The first-order valence-corrected chi connectivity index (χ1v) is 8.46. The van der Waals surface area contributed by atoms with Gasteiger partial charge in [-0.1, -0.05) is 6.92 Å². The summed E-state index contributed by atoms with van der Waals surface area (Å²) in [5.74, 6) is -0.126. The van der Waals surface area contributed by atoms with Gasteiger partial charge in [-0.2, -0.15) is 0 Å². The lowest BCUT2D eigenvalue weighted by Crippen LogP contribution is -2.59. The Bertz CT molecular complexity index is 460. The molecule has 2 rings (SSSR count). The van der Waals surface area contributed by atoms with Gasteiger partial charge < -0.3 is 19.7 Å². The summed E-state index contributed by atoms with van der Waals surface area (Å²) in [5.41, 5.74) is -0.619. The Morgan fingerprint density at radius 2 is 1.96 bits per heavy atom. The van der Waals surface area contributed by atoms with Gasteiger partial charge in [0.25, 0.3) is 0 Å². The Hall–Kier alpha value is -1.30. The highest BCUT2D eigenvalue weighted by Crippen LogP contribution is 2.47. The number of nitrogens with one attached hydrogen (secondary N) is 1. The van der Waals surface area contributed by atoms with E-state index in [1.807, 2.05) is 20.8 Å². The van der Waals surface area contributed by atoms with Crippen LogP contribution in [0.5, 0.6) is 0 Å². The van der Waals surface area contributed by atoms with Crippen molar-refractivity contribution in [2.45, 2.75) is 46.1 Å². The van der Waals surface area contributed by atoms with Crippen molar-refractivity contribution in [1.29, 1.82) is 0 Å². The second-order valence-electron chi connectivity index (χ2n) is 7.84. The molecule has 1 spiro atoms. The molecule has 2 aliphatic heterocycles. The highest BCUT2D eigenvalue weighted by Gasteiger charge is 2.52. The third-order valence-electron chi connectivity index (χ3n) is 5.28. The summed E-state index contributed by atoms with van der Waals surface area (Å²) < 4.78 is 10.5. The third-order valence-corrected chi connectivity index (χ3v) is 5.28. The lowest BCUT2D eigenvalue weighted by atomic mass is 9.60. The van der Waals surface area contributed by atoms with Gasteiger partial charge in [0, 0.05) is 13.1 Å². The fourth-order valence-corrected chi connectivity index (χ4v) is 3.93. The van der Waals surface area contributed by atoms with Crippen LogP contribution in [0.1, 0.15) is 40.5 Å². The van der Waals surface area contributed by atoms with E-state index in [1.165, 1.54) is 7.11 Å². The Kier molecular flexibility index (Phi) is 5.23. The minimum atomic E-state index is -0.533. The minimum Gasteiger partial charge on any atom is -0.469 e. The summed E-state index contributed by atoms with van der Waals surface area (Å²) in [4.78, 5) is 26.4. The largest absolute Gasteiger partial charge is 0.469 e. The first kappa shape index (κ1) is 18.0. The molecule has 2 heterocycles. The van der Waals surface area contributed by atoms with Crippen molar-refractivity contribution in [2.75, 3.05) is 33.3 Å². The first-order chi connectivity index (χ1) is 10.7. The molecule has 3 unspecified atom stereocenters. The van der Waals surface area contributed by atoms with Gasteiger partial charge in [-0.05, 0) is 58.0 Å². The number of carbonyl (C=O) groups excluding carboxylic acids is 2. The molecule has 132 valence electrons. The molecule has 23 heavy (non-hydrogen) atoms. The summed E-state index contributed by atoms with van der Waals surface area (Å²) >= 11 is 0. The SMILES string of the molecule is COC(=O)C1CN(C(=O)OC(C)(C)C)CCC12CCNCC2C. The molecule has 0 saturated carbocycles. The molecule has 3 atom stereocenters. The fourth-order valence-electron chi connectivity index (χ4n) is 3.93. The van der Waals surface area contributed by atoms with E-state index in [0.29, 0.717) is 19.0 Å².